The fourth-order valence-corrected chi connectivity index (χ4v) is 3.43. The molecule has 0 unspecified atom stereocenters. The highest BCUT2D eigenvalue weighted by Gasteiger charge is 2.50. The number of hydrogen-bond donors (Lipinski definition) is 3. The van der Waals surface area contributed by atoms with Crippen LogP contribution in [-0.4, -0.2) is 44.6 Å². The van der Waals surface area contributed by atoms with Gasteiger partial charge in [-0.3, -0.25) is 5.32 Å². The van der Waals surface area contributed by atoms with Crippen LogP contribution in [0.4, 0.5) is 10.6 Å². The van der Waals surface area contributed by atoms with Crippen LogP contribution in [0.5, 0.6) is 0 Å². The molecule has 3 rings (SSSR count). The summed E-state index contributed by atoms with van der Waals surface area (Å²) in [4.78, 5) is 28.5. The SMILES string of the molecule is CC(C)(C)OC(=O)Nc1ncc([C@]2(C(=O)O)CCCN2O)c2ccccc12. The number of carbonyl (C=O) groups is 2. The predicted molar refractivity (Wildman–Crippen MR) is 98.6 cm³/mol. The Hall–Kier alpha value is -2.71. The maximum Gasteiger partial charge on any atom is 0.413 e. The number of anilines is 1. The monoisotopic (exact) mass is 373 g/mol. The third kappa shape index (κ3) is 3.45. The molecule has 0 radical (unpaired) electrons. The number of amides is 1. The molecule has 1 saturated heterocycles. The van der Waals surface area contributed by atoms with E-state index in [1.165, 1.54) is 6.20 Å². The summed E-state index contributed by atoms with van der Waals surface area (Å²) in [5.74, 6) is -0.867. The van der Waals surface area contributed by atoms with Gasteiger partial charge in [0.15, 0.2) is 5.54 Å². The van der Waals surface area contributed by atoms with Crippen LogP contribution in [0, 0.1) is 0 Å². The van der Waals surface area contributed by atoms with Crippen LogP contribution in [0.1, 0.15) is 39.2 Å². The number of carboxylic acids is 1. The summed E-state index contributed by atoms with van der Waals surface area (Å²) in [6, 6.07) is 7.04. The molecule has 1 aliphatic rings. The lowest BCUT2D eigenvalue weighted by Crippen LogP contribution is -2.46. The maximum absolute atomic E-state index is 12.1. The average molecular weight is 373 g/mol. The van der Waals surface area contributed by atoms with Crippen molar-refractivity contribution in [2.45, 2.75) is 44.8 Å². The lowest BCUT2D eigenvalue weighted by atomic mass is 9.86. The van der Waals surface area contributed by atoms with Gasteiger partial charge in [-0.2, -0.15) is 5.06 Å². The Labute approximate surface area is 156 Å². The Balaban J connectivity index is 2.09. The van der Waals surface area contributed by atoms with Crippen LogP contribution in [-0.2, 0) is 15.1 Å². The molecule has 1 fully saturated rings. The van der Waals surface area contributed by atoms with E-state index in [4.69, 9.17) is 4.74 Å². The van der Waals surface area contributed by atoms with E-state index >= 15 is 0 Å². The summed E-state index contributed by atoms with van der Waals surface area (Å²) in [6.45, 7) is 5.54. The predicted octanol–water partition coefficient (Wildman–Crippen LogP) is 3.35. The summed E-state index contributed by atoms with van der Waals surface area (Å²) in [7, 11) is 0. The van der Waals surface area contributed by atoms with Gasteiger partial charge in [0.1, 0.15) is 11.4 Å². The van der Waals surface area contributed by atoms with Crippen molar-refractivity contribution in [2.24, 2.45) is 0 Å². The molecule has 2 aromatic rings. The van der Waals surface area contributed by atoms with E-state index in [1.807, 2.05) is 0 Å². The Morgan fingerprint density at radius 3 is 2.48 bits per heavy atom. The standard InChI is InChI=1S/C19H23N3O5/c1-18(2,3)27-17(25)21-15-13-8-5-4-7-12(13)14(11-20-15)19(16(23)24)9-6-10-22(19)26/h4-5,7-8,11,26H,6,9-10H2,1-3H3,(H,23,24)(H,20,21,25)/t19-/m0/s1. The molecule has 0 bridgehead atoms. The minimum absolute atomic E-state index is 0.262. The van der Waals surface area contributed by atoms with Crippen LogP contribution in [0.3, 0.4) is 0 Å². The zero-order valence-electron chi connectivity index (χ0n) is 15.5. The number of carbonyl (C=O) groups excluding carboxylic acids is 1. The lowest BCUT2D eigenvalue weighted by molar-refractivity contribution is -0.186. The fourth-order valence-electron chi connectivity index (χ4n) is 3.43. The van der Waals surface area contributed by atoms with Gasteiger partial charge in [0.2, 0.25) is 0 Å². The van der Waals surface area contributed by atoms with E-state index < -0.39 is 23.2 Å². The van der Waals surface area contributed by atoms with Gasteiger partial charge < -0.3 is 15.1 Å². The number of hydroxylamine groups is 2. The summed E-state index contributed by atoms with van der Waals surface area (Å²) >= 11 is 0. The molecule has 2 heterocycles. The molecule has 0 spiro atoms. The van der Waals surface area contributed by atoms with Crippen LogP contribution in [0.15, 0.2) is 30.5 Å². The Bertz CT molecular complexity index is 893. The van der Waals surface area contributed by atoms with Crippen molar-refractivity contribution in [3.05, 3.63) is 36.0 Å². The van der Waals surface area contributed by atoms with E-state index in [1.54, 1.807) is 45.0 Å². The molecule has 3 N–H and O–H groups in total. The third-order valence-electron chi connectivity index (χ3n) is 4.56. The van der Waals surface area contributed by atoms with Crippen LogP contribution in [0.25, 0.3) is 10.8 Å². The van der Waals surface area contributed by atoms with Gasteiger partial charge in [-0.05, 0) is 39.0 Å². The van der Waals surface area contributed by atoms with E-state index in [9.17, 15) is 19.9 Å². The minimum atomic E-state index is -1.56. The second-order valence-corrected chi connectivity index (χ2v) is 7.59. The largest absolute Gasteiger partial charge is 0.480 e. The molecule has 144 valence electrons. The number of nitrogens with one attached hydrogen (secondary N) is 1. The fraction of sp³-hybridized carbons (Fsp3) is 0.421. The second kappa shape index (κ2) is 6.79. The molecule has 0 saturated carbocycles. The van der Waals surface area contributed by atoms with E-state index in [0.29, 0.717) is 22.8 Å². The van der Waals surface area contributed by atoms with Crippen LogP contribution >= 0.6 is 0 Å². The Morgan fingerprint density at radius 2 is 1.93 bits per heavy atom. The van der Waals surface area contributed by atoms with Gasteiger partial charge in [-0.15, -0.1) is 0 Å². The first-order chi connectivity index (χ1) is 12.6. The molecule has 1 aromatic heterocycles. The quantitative estimate of drug-likeness (QED) is 0.756. The second-order valence-electron chi connectivity index (χ2n) is 7.59. The molecular weight excluding hydrogens is 350 g/mol. The maximum atomic E-state index is 12.1. The van der Waals surface area contributed by atoms with Crippen molar-refractivity contribution in [3.8, 4) is 0 Å². The van der Waals surface area contributed by atoms with Crippen molar-refractivity contribution >= 4 is 28.7 Å². The number of aliphatic carboxylic acids is 1. The molecule has 1 aromatic carbocycles. The molecule has 8 nitrogen and oxygen atoms in total. The molecule has 1 atom stereocenters. The zero-order chi connectivity index (χ0) is 19.8. The van der Waals surface area contributed by atoms with Crippen molar-refractivity contribution in [1.29, 1.82) is 0 Å². The highest BCUT2D eigenvalue weighted by Crippen LogP contribution is 2.41. The molecule has 1 amide bonds. The normalized spacial score (nSPS) is 20.6. The summed E-state index contributed by atoms with van der Waals surface area (Å²) in [5.41, 5.74) is -1.83. The van der Waals surface area contributed by atoms with Crippen LogP contribution < -0.4 is 5.32 Å². The smallest absolute Gasteiger partial charge is 0.413 e. The molecular formula is C19H23N3O5. The van der Waals surface area contributed by atoms with Gasteiger partial charge in [0.25, 0.3) is 0 Å². The lowest BCUT2D eigenvalue weighted by Gasteiger charge is -2.31. The third-order valence-corrected chi connectivity index (χ3v) is 4.56. The van der Waals surface area contributed by atoms with Gasteiger partial charge >= 0.3 is 12.1 Å². The molecule has 8 heteroatoms. The first-order valence-corrected chi connectivity index (χ1v) is 8.73. The summed E-state index contributed by atoms with van der Waals surface area (Å²) in [6.07, 6.45) is 1.57. The number of fused-ring (bicyclic) bond motifs is 1. The van der Waals surface area contributed by atoms with Gasteiger partial charge in [0.05, 0.1) is 0 Å². The Kier molecular flexibility index (Phi) is 4.79. The number of rotatable bonds is 3. The van der Waals surface area contributed by atoms with E-state index in [0.717, 1.165) is 5.06 Å². The van der Waals surface area contributed by atoms with E-state index in [-0.39, 0.29) is 18.8 Å². The Morgan fingerprint density at radius 1 is 1.26 bits per heavy atom. The molecule has 0 aliphatic carbocycles. The first-order valence-electron chi connectivity index (χ1n) is 8.73. The topological polar surface area (TPSA) is 112 Å². The van der Waals surface area contributed by atoms with Gasteiger partial charge in [-0.1, -0.05) is 24.3 Å². The van der Waals surface area contributed by atoms with Crippen molar-refractivity contribution < 1.29 is 24.6 Å². The average Bonchev–Trinajstić information content (AvgIpc) is 2.96. The van der Waals surface area contributed by atoms with Crippen molar-refractivity contribution in [1.82, 2.24) is 10.0 Å². The van der Waals surface area contributed by atoms with Crippen molar-refractivity contribution in [3.63, 3.8) is 0 Å². The highest BCUT2D eigenvalue weighted by atomic mass is 16.6. The van der Waals surface area contributed by atoms with Gasteiger partial charge in [-0.25, -0.2) is 14.6 Å². The highest BCUT2D eigenvalue weighted by molar-refractivity contribution is 6.01. The number of benzene rings is 1. The number of nitrogens with zero attached hydrogens (tertiary/aromatic N) is 2. The molecule has 27 heavy (non-hydrogen) atoms. The zero-order valence-corrected chi connectivity index (χ0v) is 15.5. The van der Waals surface area contributed by atoms with Gasteiger partial charge in [0, 0.05) is 23.7 Å². The number of carboxylic acid groups (broad SMARTS) is 1. The van der Waals surface area contributed by atoms with Crippen LogP contribution in [0.2, 0.25) is 0 Å². The number of ether oxygens (including phenoxy) is 1. The number of hydrogen-bond acceptors (Lipinski definition) is 6. The molecule has 1 aliphatic heterocycles. The van der Waals surface area contributed by atoms with Crippen molar-refractivity contribution in [2.75, 3.05) is 11.9 Å². The first kappa shape index (κ1) is 19.1. The number of pyridine rings is 1. The minimum Gasteiger partial charge on any atom is -0.480 e. The number of aromatic nitrogens is 1. The summed E-state index contributed by atoms with van der Waals surface area (Å²) < 4.78 is 5.26. The van der Waals surface area contributed by atoms with E-state index in [2.05, 4.69) is 10.3 Å². The summed E-state index contributed by atoms with van der Waals surface area (Å²) in [5, 5.41) is 24.8.